The van der Waals surface area contributed by atoms with Crippen LogP contribution in [0.1, 0.15) is 62.6 Å². The molecule has 42 heavy (non-hydrogen) atoms. The van der Waals surface area contributed by atoms with E-state index in [1.54, 1.807) is 24.3 Å². The molecular formula is C30H33N5O7. The summed E-state index contributed by atoms with van der Waals surface area (Å²) in [4.78, 5) is 42.8. The highest BCUT2D eigenvalue weighted by atomic mass is 16.7. The molecule has 3 aromatic rings. The molecule has 5 rings (SSSR count). The average Bonchev–Trinajstić information content (AvgIpc) is 3.54. The molecule has 0 radical (unpaired) electrons. The predicted octanol–water partition coefficient (Wildman–Crippen LogP) is 3.17. The number of rotatable bonds is 5. The molecule has 12 heteroatoms. The highest BCUT2D eigenvalue weighted by molar-refractivity contribution is 5.73. The molecule has 12 nitrogen and oxygen atoms in total. The summed E-state index contributed by atoms with van der Waals surface area (Å²) in [6.45, 7) is -0.346. The number of aromatic nitrogens is 3. The number of anilines is 1. The van der Waals surface area contributed by atoms with Crippen molar-refractivity contribution in [1.29, 1.82) is 5.26 Å². The van der Waals surface area contributed by atoms with Gasteiger partial charge in [0.15, 0.2) is 18.0 Å². The van der Waals surface area contributed by atoms with Gasteiger partial charge in [-0.05, 0) is 30.5 Å². The maximum absolute atomic E-state index is 13.1. The number of fused-ring (bicyclic) bond motifs is 2. The second-order valence-electron chi connectivity index (χ2n) is 10.5. The molecule has 2 saturated heterocycles. The summed E-state index contributed by atoms with van der Waals surface area (Å²) in [6.07, 6.45) is 2.60. The number of hydrogen-bond acceptors (Lipinski definition) is 11. The van der Waals surface area contributed by atoms with Gasteiger partial charge in [-0.2, -0.15) is 10.4 Å². The number of esters is 3. The van der Waals surface area contributed by atoms with E-state index in [-0.39, 0.29) is 37.4 Å². The number of nitrogens with two attached hydrogens (primary N) is 1. The standard InChI is InChI=1S/C30H33N5O7/c31-18-30(23-15-14-21-29(32)33-19-34-35(21)23)28-27(22(42-30)17-39-26(38)16-20-10-6-5-7-11-20)40-24(36)12-8-3-1-2-4-9-13-25(37)41-28/h5-7,10-11,14-15,19,22,27-28H,1-4,8-9,12-13,16-17H2,(H2,32,33,34)/t22-,27-,28-,30+/m1/s1. The summed E-state index contributed by atoms with van der Waals surface area (Å²) in [5.41, 5.74) is 5.43. The fraction of sp³-hybridized carbons (Fsp3) is 0.467. The van der Waals surface area contributed by atoms with Gasteiger partial charge in [0.25, 0.3) is 0 Å². The lowest BCUT2D eigenvalue weighted by Gasteiger charge is -2.28. The number of ether oxygens (including phenoxy) is 4. The summed E-state index contributed by atoms with van der Waals surface area (Å²) < 4.78 is 25.1. The third-order valence-corrected chi connectivity index (χ3v) is 7.57. The molecule has 2 fully saturated rings. The summed E-state index contributed by atoms with van der Waals surface area (Å²) in [5, 5.41) is 14.9. The molecule has 0 aliphatic carbocycles. The molecule has 2 aliphatic rings. The van der Waals surface area contributed by atoms with Gasteiger partial charge in [0, 0.05) is 12.8 Å². The first kappa shape index (κ1) is 29.0. The Labute approximate surface area is 242 Å². The summed E-state index contributed by atoms with van der Waals surface area (Å²) in [6, 6.07) is 14.4. The predicted molar refractivity (Wildman–Crippen MR) is 147 cm³/mol. The van der Waals surface area contributed by atoms with Crippen molar-refractivity contribution in [2.24, 2.45) is 0 Å². The normalized spacial score (nSPS) is 25.5. The largest absolute Gasteiger partial charge is 0.463 e. The summed E-state index contributed by atoms with van der Waals surface area (Å²) >= 11 is 0. The van der Waals surface area contributed by atoms with Crippen LogP contribution in [0.3, 0.4) is 0 Å². The van der Waals surface area contributed by atoms with Gasteiger partial charge in [0.2, 0.25) is 5.60 Å². The zero-order valence-electron chi connectivity index (χ0n) is 23.1. The van der Waals surface area contributed by atoms with Crippen LogP contribution < -0.4 is 5.73 Å². The molecule has 2 aliphatic heterocycles. The molecule has 1 aromatic carbocycles. The van der Waals surface area contributed by atoms with Gasteiger partial charge < -0.3 is 24.7 Å². The lowest BCUT2D eigenvalue weighted by Crippen LogP contribution is -2.46. The fourth-order valence-electron chi connectivity index (χ4n) is 5.45. The van der Waals surface area contributed by atoms with Crippen LogP contribution in [0.4, 0.5) is 5.82 Å². The monoisotopic (exact) mass is 575 g/mol. The van der Waals surface area contributed by atoms with Gasteiger partial charge in [-0.25, -0.2) is 9.50 Å². The number of carbonyl (C=O) groups excluding carboxylic acids is 3. The molecule has 4 heterocycles. The van der Waals surface area contributed by atoms with Gasteiger partial charge in [0.05, 0.1) is 12.1 Å². The Kier molecular flexibility index (Phi) is 8.97. The van der Waals surface area contributed by atoms with E-state index < -0.39 is 41.8 Å². The first-order chi connectivity index (χ1) is 20.4. The first-order valence-electron chi connectivity index (χ1n) is 14.2. The van der Waals surface area contributed by atoms with E-state index >= 15 is 0 Å². The van der Waals surface area contributed by atoms with Crippen molar-refractivity contribution in [2.45, 2.75) is 81.7 Å². The molecule has 0 bridgehead atoms. The Bertz CT molecular complexity index is 1470. The molecule has 0 spiro atoms. The highest BCUT2D eigenvalue weighted by Crippen LogP contribution is 2.44. The van der Waals surface area contributed by atoms with Crippen LogP contribution >= 0.6 is 0 Å². The zero-order valence-corrected chi connectivity index (χ0v) is 23.1. The van der Waals surface area contributed by atoms with E-state index in [0.29, 0.717) is 18.4 Å². The number of hydrogen-bond donors (Lipinski definition) is 1. The SMILES string of the molecule is N#C[C@@]1(c2ccc3c(N)ncnn23)O[C@H](COC(=O)Cc2ccccc2)[C@H]2OC(=O)CCCCCCCCC(=O)O[C@H]21. The van der Waals surface area contributed by atoms with Gasteiger partial charge in [-0.3, -0.25) is 14.4 Å². The minimum Gasteiger partial charge on any atom is -0.463 e. The van der Waals surface area contributed by atoms with E-state index in [4.69, 9.17) is 24.7 Å². The maximum atomic E-state index is 13.1. The Hall–Kier alpha value is -4.50. The van der Waals surface area contributed by atoms with Crippen molar-refractivity contribution >= 4 is 29.2 Å². The van der Waals surface area contributed by atoms with E-state index in [1.165, 1.54) is 10.8 Å². The second-order valence-corrected chi connectivity index (χ2v) is 10.5. The quantitative estimate of drug-likeness (QED) is 0.350. The van der Waals surface area contributed by atoms with Crippen molar-refractivity contribution < 1.29 is 33.3 Å². The van der Waals surface area contributed by atoms with Crippen molar-refractivity contribution in [1.82, 2.24) is 14.6 Å². The summed E-state index contributed by atoms with van der Waals surface area (Å²) in [5.74, 6) is -1.45. The van der Waals surface area contributed by atoms with Crippen molar-refractivity contribution in [2.75, 3.05) is 12.3 Å². The fourth-order valence-corrected chi connectivity index (χ4v) is 5.45. The molecule has 2 N–H and O–H groups in total. The van der Waals surface area contributed by atoms with Crippen LogP contribution in [0.25, 0.3) is 5.52 Å². The van der Waals surface area contributed by atoms with Crippen LogP contribution in [0.5, 0.6) is 0 Å². The van der Waals surface area contributed by atoms with Crippen LogP contribution in [0.15, 0.2) is 48.8 Å². The topological polar surface area (TPSA) is 168 Å². The average molecular weight is 576 g/mol. The molecule has 4 atom stereocenters. The molecule has 0 unspecified atom stereocenters. The van der Waals surface area contributed by atoms with Crippen molar-refractivity contribution in [3.63, 3.8) is 0 Å². The lowest BCUT2D eigenvalue weighted by molar-refractivity contribution is -0.170. The number of carbonyl (C=O) groups is 3. The maximum Gasteiger partial charge on any atom is 0.310 e. The molecule has 2 aromatic heterocycles. The molecule has 220 valence electrons. The van der Waals surface area contributed by atoms with Crippen LogP contribution in [-0.2, 0) is 45.4 Å². The number of nitriles is 1. The van der Waals surface area contributed by atoms with Crippen LogP contribution in [0, 0.1) is 11.3 Å². The highest BCUT2D eigenvalue weighted by Gasteiger charge is 2.62. The Morgan fingerprint density at radius 2 is 1.71 bits per heavy atom. The van der Waals surface area contributed by atoms with Crippen molar-refractivity contribution in [3.05, 3.63) is 60.0 Å². The number of benzene rings is 1. The van der Waals surface area contributed by atoms with Crippen molar-refractivity contribution in [3.8, 4) is 6.07 Å². The number of nitrogen functional groups attached to an aromatic ring is 1. The third-order valence-electron chi connectivity index (χ3n) is 7.57. The van der Waals surface area contributed by atoms with Gasteiger partial charge in [0.1, 0.15) is 30.6 Å². The molecule has 0 saturated carbocycles. The van der Waals surface area contributed by atoms with E-state index in [9.17, 15) is 19.6 Å². The van der Waals surface area contributed by atoms with Crippen LogP contribution in [0.2, 0.25) is 0 Å². The minimum atomic E-state index is -1.97. The first-order valence-corrected chi connectivity index (χ1v) is 14.2. The minimum absolute atomic E-state index is 0.0133. The Morgan fingerprint density at radius 1 is 1.02 bits per heavy atom. The van der Waals surface area contributed by atoms with Gasteiger partial charge >= 0.3 is 17.9 Å². The van der Waals surface area contributed by atoms with Gasteiger partial charge in [-0.15, -0.1) is 0 Å². The van der Waals surface area contributed by atoms with E-state index in [1.807, 2.05) is 18.2 Å². The van der Waals surface area contributed by atoms with Crippen LogP contribution in [-0.4, -0.2) is 57.4 Å². The molecule has 0 amide bonds. The lowest BCUT2D eigenvalue weighted by atomic mass is 9.92. The number of nitrogens with zero attached hydrogens (tertiary/aromatic N) is 4. The third kappa shape index (κ3) is 6.21. The smallest absolute Gasteiger partial charge is 0.310 e. The zero-order chi connectivity index (χ0) is 29.5. The Balaban J connectivity index is 1.50. The molecular weight excluding hydrogens is 542 g/mol. The summed E-state index contributed by atoms with van der Waals surface area (Å²) in [7, 11) is 0. The van der Waals surface area contributed by atoms with E-state index in [0.717, 1.165) is 31.2 Å². The van der Waals surface area contributed by atoms with E-state index in [2.05, 4.69) is 16.2 Å². The Morgan fingerprint density at radius 3 is 2.43 bits per heavy atom. The van der Waals surface area contributed by atoms with Gasteiger partial charge in [-0.1, -0.05) is 56.0 Å². The second kappa shape index (κ2) is 13.0.